The van der Waals surface area contributed by atoms with E-state index in [4.69, 9.17) is 0 Å². The fraction of sp³-hybridized carbons (Fsp3) is 0.143. The maximum absolute atomic E-state index is 9.51. The van der Waals surface area contributed by atoms with Crippen LogP contribution in [0.3, 0.4) is 0 Å². The van der Waals surface area contributed by atoms with Crippen LogP contribution in [0.1, 0.15) is 0 Å². The van der Waals surface area contributed by atoms with Crippen LogP contribution in [0, 0.1) is 0 Å². The van der Waals surface area contributed by atoms with E-state index in [0.29, 0.717) is 0 Å². The van der Waals surface area contributed by atoms with Crippen LogP contribution < -0.4 is 0 Å². The molecule has 0 N–H and O–H groups in total. The third-order valence-electron chi connectivity index (χ3n) is 0.979. The van der Waals surface area contributed by atoms with Crippen molar-refractivity contribution in [1.29, 1.82) is 0 Å². The molecule has 0 saturated carbocycles. The number of thioether (sulfide) groups is 1. The van der Waals surface area contributed by atoms with Gasteiger partial charge >= 0.3 is 5.20 Å². The molecule has 13 heavy (non-hydrogen) atoms. The molecule has 1 rings (SSSR count). The molecule has 0 aliphatic rings. The van der Waals surface area contributed by atoms with Gasteiger partial charge in [-0.05, 0) is 52.1 Å². The first kappa shape index (κ1) is 13.7. The Morgan fingerprint density at radius 1 is 1.15 bits per heavy atom. The van der Waals surface area contributed by atoms with Crippen molar-refractivity contribution in [3.05, 3.63) is 30.3 Å². The largest absolute Gasteiger partial charge is 0.339 e. The minimum absolute atomic E-state index is 1.33. The van der Waals surface area contributed by atoms with Crippen LogP contribution >= 0.6 is 50.7 Å². The highest BCUT2D eigenvalue weighted by Crippen LogP contribution is 2.61. The molecule has 0 fully saturated rings. The molecule has 0 atom stereocenters. The molecule has 6 heteroatoms. The van der Waals surface area contributed by atoms with Gasteiger partial charge in [0, 0.05) is 4.90 Å². The number of hydrogen-bond acceptors (Lipinski definition) is 2. The van der Waals surface area contributed by atoms with Gasteiger partial charge in [-0.1, -0.05) is 18.2 Å². The molecule has 0 heterocycles. The summed E-state index contributed by atoms with van der Waals surface area (Å²) in [7, 11) is 0. The SMILES string of the molecule is CSc1ccccc1.O=P(Cl)(Cl)Cl. The average molecular weight is 278 g/mol. The lowest BCUT2D eigenvalue weighted by molar-refractivity contribution is 0.600. The van der Waals surface area contributed by atoms with Crippen molar-refractivity contribution in [2.45, 2.75) is 4.90 Å². The molecule has 0 aliphatic carbocycles. The lowest BCUT2D eigenvalue weighted by Gasteiger charge is -1.89. The summed E-state index contributed by atoms with van der Waals surface area (Å²) in [5, 5.41) is -3.22. The van der Waals surface area contributed by atoms with Gasteiger partial charge in [-0.2, -0.15) is 0 Å². The Morgan fingerprint density at radius 3 is 1.77 bits per heavy atom. The van der Waals surface area contributed by atoms with Crippen molar-refractivity contribution >= 4 is 50.7 Å². The molecule has 1 aromatic carbocycles. The first-order valence-corrected chi connectivity index (χ1v) is 8.86. The van der Waals surface area contributed by atoms with Gasteiger partial charge in [0.05, 0.1) is 0 Å². The molecule has 0 aromatic heterocycles. The van der Waals surface area contributed by atoms with Crippen LogP contribution in [0.25, 0.3) is 0 Å². The van der Waals surface area contributed by atoms with Crippen molar-refractivity contribution in [2.24, 2.45) is 0 Å². The standard InChI is InChI=1S/C7H8S.Cl3OP/c1-8-7-5-3-2-4-6-7;1-5(2,3)4/h2-6H,1H3;. The zero-order chi connectivity index (χ0) is 10.3. The van der Waals surface area contributed by atoms with Crippen molar-refractivity contribution in [3.63, 3.8) is 0 Å². The molecule has 0 unspecified atom stereocenters. The van der Waals surface area contributed by atoms with Crippen LogP contribution in [-0.4, -0.2) is 6.26 Å². The van der Waals surface area contributed by atoms with E-state index in [0.717, 1.165) is 0 Å². The lowest BCUT2D eigenvalue weighted by atomic mass is 10.4. The second kappa shape index (κ2) is 7.03. The van der Waals surface area contributed by atoms with E-state index in [1.54, 1.807) is 11.8 Å². The smallest absolute Gasteiger partial charge is 0.271 e. The number of rotatable bonds is 1. The fourth-order valence-corrected chi connectivity index (χ4v) is 0.986. The summed E-state index contributed by atoms with van der Waals surface area (Å²) in [5.74, 6) is 0. The molecule has 0 bridgehead atoms. The molecule has 74 valence electrons. The topological polar surface area (TPSA) is 17.1 Å². The summed E-state index contributed by atoms with van der Waals surface area (Å²) in [6.45, 7) is 0. The Bertz CT molecular complexity index is 266. The molecule has 0 spiro atoms. The normalized spacial score (nSPS) is 10.2. The van der Waals surface area contributed by atoms with Crippen molar-refractivity contribution in [1.82, 2.24) is 0 Å². The van der Waals surface area contributed by atoms with Gasteiger partial charge in [-0.3, -0.25) is 4.57 Å². The van der Waals surface area contributed by atoms with Crippen molar-refractivity contribution in [2.75, 3.05) is 6.26 Å². The van der Waals surface area contributed by atoms with Crippen LogP contribution in [0.4, 0.5) is 0 Å². The molecule has 0 aliphatic heterocycles. The molecular formula is C7H8Cl3OPS. The monoisotopic (exact) mass is 276 g/mol. The van der Waals surface area contributed by atoms with Crippen molar-refractivity contribution in [3.8, 4) is 0 Å². The Balaban J connectivity index is 0.000000252. The Labute approximate surface area is 96.5 Å². The quantitative estimate of drug-likeness (QED) is 0.517. The van der Waals surface area contributed by atoms with Gasteiger partial charge in [-0.15, -0.1) is 11.8 Å². The Kier molecular flexibility index (Phi) is 7.39. The second-order valence-electron chi connectivity index (χ2n) is 1.92. The van der Waals surface area contributed by atoms with Gasteiger partial charge < -0.3 is 0 Å². The minimum atomic E-state index is -3.22. The Hall–Kier alpha value is 0.670. The van der Waals surface area contributed by atoms with E-state index >= 15 is 0 Å². The van der Waals surface area contributed by atoms with E-state index in [1.807, 2.05) is 18.2 Å². The second-order valence-corrected chi connectivity index (χ2v) is 9.43. The van der Waals surface area contributed by atoms with Crippen LogP contribution in [0.15, 0.2) is 35.2 Å². The molecule has 1 aromatic rings. The van der Waals surface area contributed by atoms with E-state index in [9.17, 15) is 4.57 Å². The van der Waals surface area contributed by atoms with Crippen LogP contribution in [0.2, 0.25) is 0 Å². The van der Waals surface area contributed by atoms with Gasteiger partial charge in [-0.25, -0.2) is 0 Å². The lowest BCUT2D eigenvalue weighted by Crippen LogP contribution is -1.62. The summed E-state index contributed by atoms with van der Waals surface area (Å²) in [5.41, 5.74) is 0. The Morgan fingerprint density at radius 2 is 1.54 bits per heavy atom. The zero-order valence-electron chi connectivity index (χ0n) is 6.78. The van der Waals surface area contributed by atoms with Gasteiger partial charge in [0.15, 0.2) is 0 Å². The fourth-order valence-electron chi connectivity index (χ4n) is 0.557. The average Bonchev–Trinajstić information content (AvgIpc) is 2.03. The van der Waals surface area contributed by atoms with Crippen molar-refractivity contribution < 1.29 is 4.57 Å². The summed E-state index contributed by atoms with van der Waals surface area (Å²) < 4.78 is 9.51. The highest BCUT2D eigenvalue weighted by molar-refractivity contribution is 8.24. The molecular weight excluding hydrogens is 269 g/mol. The van der Waals surface area contributed by atoms with Gasteiger partial charge in [0.25, 0.3) is 0 Å². The van der Waals surface area contributed by atoms with Crippen LogP contribution in [-0.2, 0) is 4.57 Å². The summed E-state index contributed by atoms with van der Waals surface area (Å²) in [4.78, 5) is 1.33. The summed E-state index contributed by atoms with van der Waals surface area (Å²) in [6.07, 6.45) is 2.08. The van der Waals surface area contributed by atoms with E-state index in [-0.39, 0.29) is 0 Å². The number of hydrogen-bond donors (Lipinski definition) is 0. The molecule has 0 amide bonds. The predicted octanol–water partition coefficient (Wildman–Crippen LogP) is 5.22. The zero-order valence-corrected chi connectivity index (χ0v) is 10.8. The van der Waals surface area contributed by atoms with Gasteiger partial charge in [0.1, 0.15) is 0 Å². The van der Waals surface area contributed by atoms with E-state index in [2.05, 4.69) is 52.1 Å². The predicted molar refractivity (Wildman–Crippen MR) is 63.4 cm³/mol. The third kappa shape index (κ3) is 12.7. The highest BCUT2D eigenvalue weighted by Gasteiger charge is 2.02. The first-order valence-electron chi connectivity index (χ1n) is 3.21. The van der Waals surface area contributed by atoms with Gasteiger partial charge in [0.2, 0.25) is 0 Å². The highest BCUT2D eigenvalue weighted by atomic mass is 36.0. The molecule has 0 saturated heterocycles. The first-order chi connectivity index (χ1) is 5.93. The van der Waals surface area contributed by atoms with Crippen LogP contribution in [0.5, 0.6) is 0 Å². The molecule has 1 nitrogen and oxygen atoms in total. The summed E-state index contributed by atoms with van der Waals surface area (Å²) in [6, 6.07) is 10.3. The maximum Gasteiger partial charge on any atom is 0.339 e. The minimum Gasteiger partial charge on any atom is -0.271 e. The third-order valence-corrected chi connectivity index (χ3v) is 1.72. The maximum atomic E-state index is 9.51. The number of halogens is 3. The summed E-state index contributed by atoms with van der Waals surface area (Å²) >= 11 is 15.6. The molecule has 0 radical (unpaired) electrons. The van der Waals surface area contributed by atoms with E-state index < -0.39 is 5.20 Å². The number of benzene rings is 1. The van der Waals surface area contributed by atoms with E-state index in [1.165, 1.54) is 4.90 Å².